The summed E-state index contributed by atoms with van der Waals surface area (Å²) >= 11 is 1.63. The van der Waals surface area contributed by atoms with Gasteiger partial charge in [-0.05, 0) is 37.5 Å². The molecule has 138 valence electrons. The first-order valence-electron chi connectivity index (χ1n) is 9.07. The number of nitrogens with one attached hydrogen (secondary N) is 1. The van der Waals surface area contributed by atoms with Gasteiger partial charge in [-0.3, -0.25) is 4.79 Å². The maximum Gasteiger partial charge on any atom is 0.336 e. The molecule has 0 spiro atoms. The van der Waals surface area contributed by atoms with Crippen molar-refractivity contribution in [3.8, 4) is 10.4 Å². The summed E-state index contributed by atoms with van der Waals surface area (Å²) in [4.78, 5) is 27.5. The minimum absolute atomic E-state index is 0.123. The molecule has 27 heavy (non-hydrogen) atoms. The van der Waals surface area contributed by atoms with Gasteiger partial charge in [0.1, 0.15) is 0 Å². The second-order valence-electron chi connectivity index (χ2n) is 6.83. The second kappa shape index (κ2) is 7.16. The van der Waals surface area contributed by atoms with Gasteiger partial charge in [0.2, 0.25) is 0 Å². The number of methoxy groups -OCH3 is 1. The summed E-state index contributed by atoms with van der Waals surface area (Å²) in [6.45, 7) is 1.88. The van der Waals surface area contributed by atoms with Gasteiger partial charge in [-0.15, -0.1) is 11.3 Å². The summed E-state index contributed by atoms with van der Waals surface area (Å²) in [7, 11) is 1.39. The van der Waals surface area contributed by atoms with Crippen molar-refractivity contribution < 1.29 is 14.3 Å². The highest BCUT2D eigenvalue weighted by atomic mass is 32.1. The monoisotopic (exact) mass is 379 g/mol. The molecule has 4 rings (SSSR count). The Labute approximate surface area is 162 Å². The maximum absolute atomic E-state index is 12.8. The number of allylic oxidation sites excluding steroid dienone is 3. The highest BCUT2D eigenvalue weighted by Gasteiger charge is 2.39. The lowest BCUT2D eigenvalue weighted by atomic mass is 9.78. The highest BCUT2D eigenvalue weighted by molar-refractivity contribution is 7.15. The van der Waals surface area contributed by atoms with E-state index in [1.54, 1.807) is 11.3 Å². The van der Waals surface area contributed by atoms with Gasteiger partial charge in [-0.25, -0.2) is 4.79 Å². The number of carbonyl (C=O) groups is 2. The Morgan fingerprint density at radius 1 is 1.15 bits per heavy atom. The van der Waals surface area contributed by atoms with E-state index >= 15 is 0 Å². The Morgan fingerprint density at radius 2 is 1.93 bits per heavy atom. The van der Waals surface area contributed by atoms with Crippen LogP contribution in [0.15, 0.2) is 65.0 Å². The van der Waals surface area contributed by atoms with E-state index in [4.69, 9.17) is 4.74 Å². The van der Waals surface area contributed by atoms with Crippen molar-refractivity contribution in [3.05, 3.63) is 69.9 Å². The van der Waals surface area contributed by atoms with Crippen molar-refractivity contribution in [2.24, 2.45) is 0 Å². The average Bonchev–Trinajstić information content (AvgIpc) is 3.17. The molecular weight excluding hydrogens is 358 g/mol. The lowest BCUT2D eigenvalue weighted by Crippen LogP contribution is -2.33. The number of rotatable bonds is 3. The molecule has 0 saturated heterocycles. The Kier molecular flexibility index (Phi) is 4.70. The number of benzene rings is 1. The van der Waals surface area contributed by atoms with Crippen molar-refractivity contribution in [2.75, 3.05) is 7.11 Å². The number of hydrogen-bond donors (Lipinski definition) is 1. The van der Waals surface area contributed by atoms with Crippen molar-refractivity contribution >= 4 is 23.1 Å². The topological polar surface area (TPSA) is 55.4 Å². The van der Waals surface area contributed by atoms with E-state index in [0.29, 0.717) is 12.0 Å². The fraction of sp³-hybridized carbons (Fsp3) is 0.273. The lowest BCUT2D eigenvalue weighted by Gasteiger charge is -2.33. The van der Waals surface area contributed by atoms with Gasteiger partial charge >= 0.3 is 5.97 Å². The molecule has 0 bridgehead atoms. The maximum atomic E-state index is 12.8. The smallest absolute Gasteiger partial charge is 0.336 e. The third-order valence-corrected chi connectivity index (χ3v) is 6.35. The van der Waals surface area contributed by atoms with Gasteiger partial charge in [-0.1, -0.05) is 30.3 Å². The molecular formula is C22H21NO3S. The molecule has 1 atom stereocenters. The molecule has 2 heterocycles. The van der Waals surface area contributed by atoms with Gasteiger partial charge in [0, 0.05) is 33.1 Å². The Bertz CT molecular complexity index is 968. The molecule has 0 saturated carbocycles. The van der Waals surface area contributed by atoms with Gasteiger partial charge in [0.25, 0.3) is 0 Å². The van der Waals surface area contributed by atoms with Crippen LogP contribution in [0.4, 0.5) is 0 Å². The molecule has 2 aromatic rings. The molecule has 1 aromatic heterocycles. The van der Waals surface area contributed by atoms with E-state index in [9.17, 15) is 9.59 Å². The van der Waals surface area contributed by atoms with E-state index in [-0.39, 0.29) is 17.7 Å². The van der Waals surface area contributed by atoms with E-state index in [0.717, 1.165) is 45.1 Å². The first-order valence-corrected chi connectivity index (χ1v) is 9.89. The van der Waals surface area contributed by atoms with Crippen LogP contribution in [0.5, 0.6) is 0 Å². The number of thiophene rings is 1. The molecule has 1 aliphatic carbocycles. The Balaban J connectivity index is 1.84. The standard InChI is InChI=1S/C22H21NO3S/c1-13-19(22(25)26-2)21(20-15(23-13)9-6-10-16(20)24)18-12-11-17(27-18)14-7-4-3-5-8-14/h3-5,7-8,11-12,21,23H,6,9-10H2,1-2H3/t21-/m0/s1. The zero-order valence-electron chi connectivity index (χ0n) is 15.4. The SMILES string of the molecule is COC(=O)C1=C(C)NC2=C(C(=O)CCC2)[C@H]1c1ccc(-c2ccccc2)s1. The molecule has 0 amide bonds. The minimum atomic E-state index is -0.385. The fourth-order valence-electron chi connectivity index (χ4n) is 3.91. The highest BCUT2D eigenvalue weighted by Crippen LogP contribution is 2.45. The van der Waals surface area contributed by atoms with Crippen LogP contribution >= 0.6 is 11.3 Å². The molecule has 1 aliphatic heterocycles. The summed E-state index contributed by atoms with van der Waals surface area (Å²) in [5.74, 6) is -0.620. The number of Topliss-reactive ketones (excluding diaryl/α,β-unsaturated/α-hetero) is 1. The third-order valence-electron chi connectivity index (χ3n) is 5.15. The van der Waals surface area contributed by atoms with Gasteiger partial charge in [-0.2, -0.15) is 0 Å². The van der Waals surface area contributed by atoms with Crippen molar-refractivity contribution in [1.82, 2.24) is 5.32 Å². The first-order chi connectivity index (χ1) is 13.1. The third kappa shape index (κ3) is 3.12. The van der Waals surface area contributed by atoms with Crippen LogP contribution in [0.2, 0.25) is 0 Å². The van der Waals surface area contributed by atoms with Crippen LogP contribution in [-0.4, -0.2) is 18.9 Å². The largest absolute Gasteiger partial charge is 0.466 e. The number of carbonyl (C=O) groups excluding carboxylic acids is 2. The summed E-state index contributed by atoms with van der Waals surface area (Å²) in [6.07, 6.45) is 2.21. The summed E-state index contributed by atoms with van der Waals surface area (Å²) in [5.41, 5.74) is 4.12. The van der Waals surface area contributed by atoms with Crippen molar-refractivity contribution in [3.63, 3.8) is 0 Å². The molecule has 1 N–H and O–H groups in total. The van der Waals surface area contributed by atoms with Crippen LogP contribution in [0.3, 0.4) is 0 Å². The Hall–Kier alpha value is -2.66. The van der Waals surface area contributed by atoms with Crippen LogP contribution in [0.1, 0.15) is 37.0 Å². The molecule has 0 radical (unpaired) electrons. The van der Waals surface area contributed by atoms with E-state index in [1.807, 2.05) is 31.2 Å². The van der Waals surface area contributed by atoms with Gasteiger partial charge < -0.3 is 10.1 Å². The molecule has 0 unspecified atom stereocenters. The molecule has 2 aliphatic rings. The van der Waals surface area contributed by atoms with Gasteiger partial charge in [0.15, 0.2) is 5.78 Å². The van der Waals surface area contributed by atoms with Crippen LogP contribution in [0, 0.1) is 0 Å². The summed E-state index contributed by atoms with van der Waals surface area (Å²) in [5, 5.41) is 3.29. The van der Waals surface area contributed by atoms with Crippen molar-refractivity contribution in [2.45, 2.75) is 32.1 Å². The fourth-order valence-corrected chi connectivity index (χ4v) is 5.05. The number of ether oxygens (including phenoxy) is 1. The zero-order valence-corrected chi connectivity index (χ0v) is 16.2. The average molecular weight is 379 g/mol. The molecule has 5 heteroatoms. The summed E-state index contributed by atoms with van der Waals surface area (Å²) in [6, 6.07) is 14.2. The number of hydrogen-bond acceptors (Lipinski definition) is 5. The molecule has 4 nitrogen and oxygen atoms in total. The number of dihydropyridines is 1. The normalized spacial score (nSPS) is 19.6. The quantitative estimate of drug-likeness (QED) is 0.795. The Morgan fingerprint density at radius 3 is 2.67 bits per heavy atom. The van der Waals surface area contributed by atoms with Gasteiger partial charge in [0.05, 0.1) is 18.6 Å². The van der Waals surface area contributed by atoms with E-state index in [2.05, 4.69) is 23.5 Å². The second-order valence-corrected chi connectivity index (χ2v) is 7.94. The minimum Gasteiger partial charge on any atom is -0.466 e. The summed E-state index contributed by atoms with van der Waals surface area (Å²) < 4.78 is 5.05. The van der Waals surface area contributed by atoms with Crippen LogP contribution in [-0.2, 0) is 14.3 Å². The first kappa shape index (κ1) is 17.7. The number of esters is 1. The van der Waals surface area contributed by atoms with E-state index in [1.165, 1.54) is 7.11 Å². The van der Waals surface area contributed by atoms with Crippen molar-refractivity contribution in [1.29, 1.82) is 0 Å². The van der Waals surface area contributed by atoms with Crippen LogP contribution < -0.4 is 5.32 Å². The van der Waals surface area contributed by atoms with E-state index < -0.39 is 0 Å². The van der Waals surface area contributed by atoms with Crippen LogP contribution in [0.25, 0.3) is 10.4 Å². The predicted molar refractivity (Wildman–Crippen MR) is 106 cm³/mol. The predicted octanol–water partition coefficient (Wildman–Crippen LogP) is 4.56. The lowest BCUT2D eigenvalue weighted by molar-refractivity contribution is -0.136. The molecule has 1 aromatic carbocycles. The molecule has 0 fully saturated rings. The zero-order chi connectivity index (χ0) is 19.0. The number of ketones is 1.